The van der Waals surface area contributed by atoms with Crippen LogP contribution in [0.4, 0.5) is 0 Å². The van der Waals surface area contributed by atoms with Crippen LogP contribution in [-0.4, -0.2) is 20.4 Å². The molecule has 0 radical (unpaired) electrons. The van der Waals surface area contributed by atoms with Gasteiger partial charge in [0.25, 0.3) is 5.91 Å². The summed E-state index contributed by atoms with van der Waals surface area (Å²) in [7, 11) is 0. The van der Waals surface area contributed by atoms with Crippen molar-refractivity contribution in [3.63, 3.8) is 0 Å². The fourth-order valence-corrected chi connectivity index (χ4v) is 3.78. The van der Waals surface area contributed by atoms with Gasteiger partial charge < -0.3 is 9.88 Å². The molecule has 0 saturated heterocycles. The smallest absolute Gasteiger partial charge is 0.271 e. The van der Waals surface area contributed by atoms with Crippen molar-refractivity contribution < 1.29 is 4.79 Å². The van der Waals surface area contributed by atoms with Gasteiger partial charge in [-0.3, -0.25) is 4.79 Å². The molecule has 116 valence electrons. The highest BCUT2D eigenvalue weighted by Gasteiger charge is 2.32. The standard InChI is InChI=1S/C17H16N4OS/c22-17(14-9-23-11-19-14)20-16-13-4-2-1-3-12(13)5-6-15(16)21-8-7-18-10-21/h1-4,7-11,15-16H,5-6H2,(H,20,22). The number of thiazole rings is 1. The van der Waals surface area contributed by atoms with E-state index in [0.717, 1.165) is 12.8 Å². The molecule has 2 heterocycles. The molecule has 0 bridgehead atoms. The summed E-state index contributed by atoms with van der Waals surface area (Å²) in [5, 5.41) is 4.95. The Bertz CT molecular complexity index is 798. The molecule has 1 N–H and O–H groups in total. The molecule has 5 nitrogen and oxygen atoms in total. The molecule has 4 rings (SSSR count). The number of amides is 1. The number of nitrogens with one attached hydrogen (secondary N) is 1. The van der Waals surface area contributed by atoms with Crippen molar-refractivity contribution in [1.82, 2.24) is 19.9 Å². The zero-order valence-corrected chi connectivity index (χ0v) is 13.2. The number of nitrogens with zero attached hydrogens (tertiary/aromatic N) is 3. The van der Waals surface area contributed by atoms with Crippen LogP contribution in [-0.2, 0) is 6.42 Å². The van der Waals surface area contributed by atoms with Gasteiger partial charge in [-0.1, -0.05) is 24.3 Å². The number of benzene rings is 1. The number of rotatable bonds is 3. The number of imidazole rings is 1. The van der Waals surface area contributed by atoms with Crippen LogP contribution in [0.1, 0.15) is 40.1 Å². The summed E-state index contributed by atoms with van der Waals surface area (Å²) in [5.74, 6) is -0.127. The number of hydrogen-bond acceptors (Lipinski definition) is 4. The van der Waals surface area contributed by atoms with E-state index in [-0.39, 0.29) is 18.0 Å². The molecule has 3 aromatic rings. The van der Waals surface area contributed by atoms with E-state index in [1.54, 1.807) is 17.1 Å². The molecule has 0 aliphatic heterocycles. The van der Waals surface area contributed by atoms with Crippen LogP contribution < -0.4 is 5.32 Å². The monoisotopic (exact) mass is 324 g/mol. The minimum absolute atomic E-state index is 0.0802. The Labute approximate surface area is 138 Å². The van der Waals surface area contributed by atoms with Crippen LogP contribution in [0.5, 0.6) is 0 Å². The van der Waals surface area contributed by atoms with Crippen LogP contribution in [0, 0.1) is 0 Å². The molecule has 23 heavy (non-hydrogen) atoms. The first kappa shape index (κ1) is 14.1. The van der Waals surface area contributed by atoms with Gasteiger partial charge in [-0.2, -0.15) is 0 Å². The molecule has 2 aromatic heterocycles. The summed E-state index contributed by atoms with van der Waals surface area (Å²) < 4.78 is 2.09. The minimum Gasteiger partial charge on any atom is -0.342 e. The maximum absolute atomic E-state index is 12.5. The third-order valence-electron chi connectivity index (χ3n) is 4.34. The lowest BCUT2D eigenvalue weighted by Crippen LogP contribution is -2.37. The van der Waals surface area contributed by atoms with Crippen molar-refractivity contribution in [2.75, 3.05) is 0 Å². The molecule has 6 heteroatoms. The van der Waals surface area contributed by atoms with Crippen LogP contribution in [0.25, 0.3) is 0 Å². The lowest BCUT2D eigenvalue weighted by atomic mass is 9.83. The average molecular weight is 324 g/mol. The number of hydrogen-bond donors (Lipinski definition) is 1. The van der Waals surface area contributed by atoms with Gasteiger partial charge in [0, 0.05) is 17.8 Å². The third kappa shape index (κ3) is 2.66. The number of aromatic nitrogens is 3. The predicted octanol–water partition coefficient (Wildman–Crippen LogP) is 3.00. The largest absolute Gasteiger partial charge is 0.342 e. The Kier molecular flexibility index (Phi) is 3.67. The second-order valence-corrected chi connectivity index (χ2v) is 6.36. The van der Waals surface area contributed by atoms with Crippen molar-refractivity contribution in [1.29, 1.82) is 0 Å². The van der Waals surface area contributed by atoms with E-state index in [4.69, 9.17) is 0 Å². The quantitative estimate of drug-likeness (QED) is 0.806. The van der Waals surface area contributed by atoms with Crippen molar-refractivity contribution in [2.24, 2.45) is 0 Å². The first-order valence-corrected chi connectivity index (χ1v) is 8.51. The summed E-state index contributed by atoms with van der Waals surface area (Å²) in [6, 6.07) is 8.40. The maximum atomic E-state index is 12.5. The molecule has 1 amide bonds. The summed E-state index contributed by atoms with van der Waals surface area (Å²) in [6.07, 6.45) is 7.53. The zero-order valence-electron chi connectivity index (χ0n) is 12.4. The minimum atomic E-state index is -0.127. The van der Waals surface area contributed by atoms with Gasteiger partial charge in [0.15, 0.2) is 0 Å². The van der Waals surface area contributed by atoms with E-state index < -0.39 is 0 Å². The molecule has 0 saturated carbocycles. The summed E-state index contributed by atoms with van der Waals surface area (Å²) in [5.41, 5.74) is 4.63. The highest BCUT2D eigenvalue weighted by atomic mass is 32.1. The lowest BCUT2D eigenvalue weighted by Gasteiger charge is -2.34. The van der Waals surface area contributed by atoms with E-state index in [0.29, 0.717) is 5.69 Å². The molecule has 1 aromatic carbocycles. The Balaban J connectivity index is 1.70. The first-order valence-electron chi connectivity index (χ1n) is 7.57. The summed E-state index contributed by atoms with van der Waals surface area (Å²) >= 11 is 1.43. The third-order valence-corrected chi connectivity index (χ3v) is 4.93. The fourth-order valence-electron chi connectivity index (χ4n) is 3.24. The van der Waals surface area contributed by atoms with Crippen LogP contribution in [0.3, 0.4) is 0 Å². The van der Waals surface area contributed by atoms with E-state index in [2.05, 4.69) is 38.1 Å². The summed E-state index contributed by atoms with van der Waals surface area (Å²) in [4.78, 5) is 20.8. The SMILES string of the molecule is O=C(NC1c2ccccc2CCC1n1ccnc1)c1cscn1. The van der Waals surface area contributed by atoms with Gasteiger partial charge in [0.1, 0.15) is 5.69 Å². The van der Waals surface area contributed by atoms with E-state index in [1.807, 2.05) is 18.6 Å². The Morgan fingerprint density at radius 1 is 1.35 bits per heavy atom. The van der Waals surface area contributed by atoms with E-state index >= 15 is 0 Å². The first-order chi connectivity index (χ1) is 11.3. The molecule has 1 aliphatic carbocycles. The van der Waals surface area contributed by atoms with Gasteiger partial charge in [-0.05, 0) is 24.0 Å². The van der Waals surface area contributed by atoms with Crippen molar-refractivity contribution in [3.05, 3.63) is 70.7 Å². The Morgan fingerprint density at radius 2 is 2.26 bits per heavy atom. The van der Waals surface area contributed by atoms with Gasteiger partial charge in [-0.25, -0.2) is 9.97 Å². The Hall–Kier alpha value is -2.47. The molecule has 2 atom stereocenters. The molecule has 1 aliphatic rings. The van der Waals surface area contributed by atoms with Gasteiger partial charge >= 0.3 is 0 Å². The lowest BCUT2D eigenvalue weighted by molar-refractivity contribution is 0.0913. The topological polar surface area (TPSA) is 59.8 Å². The van der Waals surface area contributed by atoms with Crippen molar-refractivity contribution in [3.8, 4) is 0 Å². The normalized spacial score (nSPS) is 20.0. The number of aryl methyl sites for hydroxylation is 1. The van der Waals surface area contributed by atoms with Crippen LogP contribution in [0.15, 0.2) is 53.9 Å². The van der Waals surface area contributed by atoms with E-state index in [1.165, 1.54) is 22.5 Å². The van der Waals surface area contributed by atoms with Crippen LogP contribution >= 0.6 is 11.3 Å². The predicted molar refractivity (Wildman–Crippen MR) is 88.3 cm³/mol. The van der Waals surface area contributed by atoms with Gasteiger partial charge in [0.2, 0.25) is 0 Å². The maximum Gasteiger partial charge on any atom is 0.271 e. The molecule has 2 unspecified atom stereocenters. The van der Waals surface area contributed by atoms with E-state index in [9.17, 15) is 4.79 Å². The van der Waals surface area contributed by atoms with Gasteiger partial charge in [0.05, 0.1) is 23.9 Å². The van der Waals surface area contributed by atoms with Crippen LogP contribution in [0.2, 0.25) is 0 Å². The number of carbonyl (C=O) groups excluding carboxylic acids is 1. The summed E-state index contributed by atoms with van der Waals surface area (Å²) in [6.45, 7) is 0. The van der Waals surface area contributed by atoms with Crippen molar-refractivity contribution >= 4 is 17.2 Å². The number of fused-ring (bicyclic) bond motifs is 1. The highest BCUT2D eigenvalue weighted by molar-refractivity contribution is 7.07. The number of carbonyl (C=O) groups is 1. The second-order valence-electron chi connectivity index (χ2n) is 5.64. The second kappa shape index (κ2) is 5.96. The highest BCUT2D eigenvalue weighted by Crippen LogP contribution is 2.37. The van der Waals surface area contributed by atoms with Crippen molar-refractivity contribution in [2.45, 2.75) is 24.9 Å². The van der Waals surface area contributed by atoms with Gasteiger partial charge in [-0.15, -0.1) is 11.3 Å². The average Bonchev–Trinajstić information content (AvgIpc) is 3.29. The molecule has 0 spiro atoms. The zero-order chi connectivity index (χ0) is 15.6. The molecular weight excluding hydrogens is 308 g/mol. The Morgan fingerprint density at radius 3 is 3.04 bits per heavy atom. The fraction of sp³-hybridized carbons (Fsp3) is 0.235. The molecule has 0 fully saturated rings. The molecular formula is C17H16N4OS.